The molecule has 8 nitrogen and oxygen atoms in total. The molecule has 1 saturated heterocycles. The monoisotopic (exact) mass is 405 g/mol. The number of benzene rings is 1. The molecule has 0 spiro atoms. The van der Waals surface area contributed by atoms with Crippen LogP contribution in [0.15, 0.2) is 23.1 Å². The number of fused-ring (bicyclic) bond motifs is 1. The third-order valence-electron chi connectivity index (χ3n) is 3.63. The number of carbonyl (C=O) groups excluding carboxylic acids is 3. The van der Waals surface area contributed by atoms with Crippen LogP contribution in [0.5, 0.6) is 11.5 Å². The number of hydrogen-bond donors (Lipinski definition) is 1. The largest absolute Gasteiger partial charge is 0.454 e. The minimum absolute atomic E-state index is 0.0950. The SMILES string of the molecule is N#CCSCC(=O)NCCN1C(=O)S/C(=C\c2ccc3c(c2)OCO3)C1=O. The molecule has 3 rings (SSSR count). The smallest absolute Gasteiger partial charge is 0.293 e. The van der Waals surface area contributed by atoms with E-state index < -0.39 is 5.91 Å². The first-order chi connectivity index (χ1) is 13.1. The Hall–Kier alpha value is -2.64. The fraction of sp³-hybridized carbons (Fsp3) is 0.294. The lowest BCUT2D eigenvalue weighted by molar-refractivity contribution is -0.123. The van der Waals surface area contributed by atoms with E-state index in [4.69, 9.17) is 14.7 Å². The lowest BCUT2D eigenvalue weighted by Crippen LogP contribution is -2.37. The van der Waals surface area contributed by atoms with Gasteiger partial charge in [0.15, 0.2) is 11.5 Å². The highest BCUT2D eigenvalue weighted by atomic mass is 32.2. The molecule has 0 aromatic heterocycles. The number of nitrogens with zero attached hydrogens (tertiary/aromatic N) is 2. The van der Waals surface area contributed by atoms with Crippen LogP contribution in [0.1, 0.15) is 5.56 Å². The lowest BCUT2D eigenvalue weighted by atomic mass is 10.2. The highest BCUT2D eigenvalue weighted by Crippen LogP contribution is 2.36. The van der Waals surface area contributed by atoms with E-state index in [1.807, 2.05) is 6.07 Å². The topological polar surface area (TPSA) is 109 Å². The maximum absolute atomic E-state index is 12.4. The van der Waals surface area contributed by atoms with Gasteiger partial charge < -0.3 is 14.8 Å². The van der Waals surface area contributed by atoms with E-state index in [1.165, 1.54) is 11.8 Å². The lowest BCUT2D eigenvalue weighted by Gasteiger charge is -2.12. The van der Waals surface area contributed by atoms with E-state index in [2.05, 4.69) is 5.32 Å². The minimum atomic E-state index is -0.393. The Morgan fingerprint density at radius 3 is 3.00 bits per heavy atom. The molecule has 1 aromatic carbocycles. The van der Waals surface area contributed by atoms with Crippen LogP contribution in [0.4, 0.5) is 4.79 Å². The van der Waals surface area contributed by atoms with E-state index in [-0.39, 0.29) is 42.5 Å². The number of thioether (sulfide) groups is 2. The summed E-state index contributed by atoms with van der Waals surface area (Å²) in [5, 5.41) is 10.7. The van der Waals surface area contributed by atoms with Gasteiger partial charge in [-0.25, -0.2) is 0 Å². The quantitative estimate of drug-likeness (QED) is 0.541. The zero-order chi connectivity index (χ0) is 19.2. The van der Waals surface area contributed by atoms with Gasteiger partial charge in [0.1, 0.15) is 0 Å². The second kappa shape index (κ2) is 8.83. The number of nitrogens with one attached hydrogen (secondary N) is 1. The summed E-state index contributed by atoms with van der Waals surface area (Å²) < 4.78 is 10.5. The molecule has 140 valence electrons. The van der Waals surface area contributed by atoms with Crippen molar-refractivity contribution in [1.29, 1.82) is 5.26 Å². The summed E-state index contributed by atoms with van der Waals surface area (Å²) in [6.45, 7) is 0.426. The molecule has 2 aliphatic heterocycles. The molecular weight excluding hydrogens is 390 g/mol. The molecule has 0 radical (unpaired) electrons. The van der Waals surface area contributed by atoms with Gasteiger partial charge in [0.05, 0.1) is 22.5 Å². The Labute approximate surface area is 163 Å². The van der Waals surface area contributed by atoms with E-state index in [0.717, 1.165) is 22.2 Å². The molecule has 2 heterocycles. The number of ether oxygens (including phenoxy) is 2. The first-order valence-corrected chi connectivity index (χ1v) is 9.92. The Balaban J connectivity index is 1.55. The zero-order valence-electron chi connectivity index (χ0n) is 14.1. The summed E-state index contributed by atoms with van der Waals surface area (Å²) in [5.74, 6) is 1.01. The van der Waals surface area contributed by atoms with Gasteiger partial charge in [0.2, 0.25) is 12.7 Å². The van der Waals surface area contributed by atoms with Gasteiger partial charge in [-0.3, -0.25) is 19.3 Å². The Bertz CT molecular complexity index is 849. The van der Waals surface area contributed by atoms with Crippen LogP contribution in [-0.2, 0) is 9.59 Å². The summed E-state index contributed by atoms with van der Waals surface area (Å²) in [5.41, 5.74) is 0.729. The first kappa shape index (κ1) is 19.1. The van der Waals surface area contributed by atoms with Crippen molar-refractivity contribution in [2.24, 2.45) is 0 Å². The second-order valence-corrected chi connectivity index (χ2v) is 7.43. The third kappa shape index (κ3) is 4.75. The summed E-state index contributed by atoms with van der Waals surface area (Å²) in [7, 11) is 0. The molecule has 0 atom stereocenters. The number of amides is 3. The normalized spacial score (nSPS) is 16.7. The molecule has 10 heteroatoms. The van der Waals surface area contributed by atoms with Crippen LogP contribution >= 0.6 is 23.5 Å². The number of carbonyl (C=O) groups is 3. The van der Waals surface area contributed by atoms with E-state index in [1.54, 1.807) is 24.3 Å². The van der Waals surface area contributed by atoms with Gasteiger partial charge in [-0.1, -0.05) is 6.07 Å². The molecule has 3 amide bonds. The summed E-state index contributed by atoms with van der Waals surface area (Å²) in [4.78, 5) is 37.5. The second-order valence-electron chi connectivity index (χ2n) is 5.45. The highest BCUT2D eigenvalue weighted by molar-refractivity contribution is 8.18. The van der Waals surface area contributed by atoms with Gasteiger partial charge >= 0.3 is 0 Å². The van der Waals surface area contributed by atoms with Gasteiger partial charge in [-0.2, -0.15) is 5.26 Å². The molecule has 27 heavy (non-hydrogen) atoms. The van der Waals surface area contributed by atoms with Gasteiger partial charge in [0, 0.05) is 13.1 Å². The third-order valence-corrected chi connectivity index (χ3v) is 5.33. The predicted octanol–water partition coefficient (Wildman–Crippen LogP) is 1.82. The van der Waals surface area contributed by atoms with Crippen LogP contribution < -0.4 is 14.8 Å². The Kier molecular flexibility index (Phi) is 6.26. The summed E-state index contributed by atoms with van der Waals surface area (Å²) in [6, 6.07) is 7.21. The van der Waals surface area contributed by atoms with Crippen molar-refractivity contribution in [3.8, 4) is 17.6 Å². The molecule has 1 aromatic rings. The Morgan fingerprint density at radius 2 is 2.19 bits per heavy atom. The minimum Gasteiger partial charge on any atom is -0.454 e. The molecule has 2 aliphatic rings. The molecule has 0 aliphatic carbocycles. The van der Waals surface area contributed by atoms with Crippen molar-refractivity contribution in [2.75, 3.05) is 31.4 Å². The van der Waals surface area contributed by atoms with Crippen molar-refractivity contribution < 1.29 is 23.9 Å². The molecular formula is C17H15N3O5S2. The molecule has 1 fully saturated rings. The average molecular weight is 405 g/mol. The van der Waals surface area contributed by atoms with Gasteiger partial charge in [0.25, 0.3) is 11.1 Å². The first-order valence-electron chi connectivity index (χ1n) is 7.95. The van der Waals surface area contributed by atoms with Gasteiger partial charge in [-0.15, -0.1) is 11.8 Å². The van der Waals surface area contributed by atoms with Crippen molar-refractivity contribution in [2.45, 2.75) is 0 Å². The maximum Gasteiger partial charge on any atom is 0.293 e. The van der Waals surface area contributed by atoms with E-state index >= 15 is 0 Å². The fourth-order valence-electron chi connectivity index (χ4n) is 2.39. The predicted molar refractivity (Wildman–Crippen MR) is 101 cm³/mol. The average Bonchev–Trinajstić information content (AvgIpc) is 3.21. The molecule has 1 N–H and O–H groups in total. The standard InChI is InChI=1S/C17H15N3O5S2/c18-3-6-26-9-15(21)19-4-5-20-16(22)14(27-17(20)23)8-11-1-2-12-13(7-11)25-10-24-12/h1-2,7-8H,4-6,9-10H2,(H,19,21)/b14-8-. The van der Waals surface area contributed by atoms with Crippen LogP contribution in [0.3, 0.4) is 0 Å². The maximum atomic E-state index is 12.4. The number of rotatable bonds is 7. The summed E-state index contributed by atoms with van der Waals surface area (Å²) >= 11 is 2.06. The van der Waals surface area contributed by atoms with Crippen LogP contribution in [0.25, 0.3) is 6.08 Å². The van der Waals surface area contributed by atoms with Crippen LogP contribution in [-0.4, -0.2) is 53.3 Å². The Morgan fingerprint density at radius 1 is 1.37 bits per heavy atom. The van der Waals surface area contributed by atoms with Crippen molar-refractivity contribution >= 4 is 46.7 Å². The molecule has 0 unspecified atom stereocenters. The van der Waals surface area contributed by atoms with Crippen molar-refractivity contribution in [1.82, 2.24) is 10.2 Å². The number of hydrogen-bond acceptors (Lipinski definition) is 8. The van der Waals surface area contributed by atoms with Crippen molar-refractivity contribution in [3.05, 3.63) is 28.7 Å². The highest BCUT2D eigenvalue weighted by Gasteiger charge is 2.34. The van der Waals surface area contributed by atoms with Crippen LogP contribution in [0, 0.1) is 11.3 Å². The zero-order valence-corrected chi connectivity index (χ0v) is 15.7. The fourth-order valence-corrected chi connectivity index (χ4v) is 3.74. The van der Waals surface area contributed by atoms with Crippen molar-refractivity contribution in [3.63, 3.8) is 0 Å². The molecule has 0 saturated carbocycles. The number of nitriles is 1. The van der Waals surface area contributed by atoms with Gasteiger partial charge in [-0.05, 0) is 35.5 Å². The number of imide groups is 1. The van der Waals surface area contributed by atoms with E-state index in [9.17, 15) is 14.4 Å². The van der Waals surface area contributed by atoms with E-state index in [0.29, 0.717) is 16.4 Å². The van der Waals surface area contributed by atoms with Crippen LogP contribution in [0.2, 0.25) is 0 Å². The molecule has 0 bridgehead atoms. The summed E-state index contributed by atoms with van der Waals surface area (Å²) in [6.07, 6.45) is 1.63.